The molecule has 1 aromatic heterocycles. The lowest BCUT2D eigenvalue weighted by molar-refractivity contribution is -0.139. The van der Waals surface area contributed by atoms with Crippen molar-refractivity contribution in [3.63, 3.8) is 0 Å². The van der Waals surface area contributed by atoms with Crippen LogP contribution in [0.1, 0.15) is 23.7 Å². The Balaban J connectivity index is 1.84. The molecule has 0 N–H and O–H groups in total. The highest BCUT2D eigenvalue weighted by atomic mass is 32.2. The summed E-state index contributed by atoms with van der Waals surface area (Å²) < 4.78 is 10.5. The van der Waals surface area contributed by atoms with Crippen LogP contribution in [-0.4, -0.2) is 29.9 Å². The van der Waals surface area contributed by atoms with E-state index in [1.165, 1.54) is 12.7 Å². The number of nitrogens with zero attached hydrogens (tertiary/aromatic N) is 2. The van der Waals surface area contributed by atoms with Gasteiger partial charge in [-0.15, -0.1) is 0 Å². The molecule has 0 radical (unpaired) electrons. The summed E-state index contributed by atoms with van der Waals surface area (Å²) in [6, 6.07) is 11.7. The van der Waals surface area contributed by atoms with Gasteiger partial charge in [0, 0.05) is 18.3 Å². The number of carbonyl (C=O) groups is 1. The van der Waals surface area contributed by atoms with E-state index in [1.54, 1.807) is 0 Å². The van der Waals surface area contributed by atoms with Crippen molar-refractivity contribution >= 4 is 17.7 Å². The molecule has 1 atom stereocenters. The number of aromatic nitrogens is 1. The van der Waals surface area contributed by atoms with E-state index in [4.69, 9.17) is 14.7 Å². The SMILES string of the molecule is CCc1ccc(CCOc2ccc(CC(SC#N)C(=O)OC)cc2)nc1. The van der Waals surface area contributed by atoms with Gasteiger partial charge in [-0.3, -0.25) is 9.78 Å². The zero-order valence-corrected chi connectivity index (χ0v) is 15.8. The van der Waals surface area contributed by atoms with Gasteiger partial charge in [0.05, 0.1) is 13.7 Å². The number of nitriles is 1. The van der Waals surface area contributed by atoms with E-state index in [0.29, 0.717) is 13.0 Å². The second kappa shape index (κ2) is 10.5. The third kappa shape index (κ3) is 6.08. The van der Waals surface area contributed by atoms with Gasteiger partial charge in [0.2, 0.25) is 0 Å². The summed E-state index contributed by atoms with van der Waals surface area (Å²) in [6.45, 7) is 2.66. The van der Waals surface area contributed by atoms with Crippen LogP contribution in [0.3, 0.4) is 0 Å². The lowest BCUT2D eigenvalue weighted by Crippen LogP contribution is -2.20. The lowest BCUT2D eigenvalue weighted by Gasteiger charge is -2.11. The average molecular weight is 370 g/mol. The number of methoxy groups -OCH3 is 1. The fraction of sp³-hybridized carbons (Fsp3) is 0.350. The summed E-state index contributed by atoms with van der Waals surface area (Å²) in [5.41, 5.74) is 3.19. The highest BCUT2D eigenvalue weighted by Gasteiger charge is 2.20. The molecule has 0 spiro atoms. The molecule has 136 valence electrons. The number of benzene rings is 1. The number of hydrogen-bond donors (Lipinski definition) is 0. The van der Waals surface area contributed by atoms with E-state index >= 15 is 0 Å². The summed E-state index contributed by atoms with van der Waals surface area (Å²) in [4.78, 5) is 16.1. The molecule has 0 bridgehead atoms. The van der Waals surface area contributed by atoms with Crippen LogP contribution in [0.15, 0.2) is 42.6 Å². The zero-order chi connectivity index (χ0) is 18.8. The highest BCUT2D eigenvalue weighted by Crippen LogP contribution is 2.19. The van der Waals surface area contributed by atoms with Gasteiger partial charge < -0.3 is 9.47 Å². The van der Waals surface area contributed by atoms with E-state index < -0.39 is 11.2 Å². The summed E-state index contributed by atoms with van der Waals surface area (Å²) in [5.74, 6) is 0.375. The minimum absolute atomic E-state index is 0.390. The average Bonchev–Trinajstić information content (AvgIpc) is 2.69. The quantitative estimate of drug-likeness (QED) is 0.496. The predicted octanol–water partition coefficient (Wildman–Crippen LogP) is 3.56. The molecule has 1 aromatic carbocycles. The van der Waals surface area contributed by atoms with Crippen molar-refractivity contribution in [2.45, 2.75) is 31.4 Å². The Morgan fingerprint density at radius 1 is 1.23 bits per heavy atom. The van der Waals surface area contributed by atoms with E-state index in [1.807, 2.05) is 41.9 Å². The van der Waals surface area contributed by atoms with Crippen molar-refractivity contribution in [2.75, 3.05) is 13.7 Å². The largest absolute Gasteiger partial charge is 0.493 e. The first-order valence-corrected chi connectivity index (χ1v) is 9.32. The smallest absolute Gasteiger partial charge is 0.320 e. The Hall–Kier alpha value is -2.52. The Labute approximate surface area is 158 Å². The van der Waals surface area contributed by atoms with Crippen molar-refractivity contribution in [1.82, 2.24) is 4.98 Å². The maximum absolute atomic E-state index is 11.7. The van der Waals surface area contributed by atoms with Crippen molar-refractivity contribution in [2.24, 2.45) is 0 Å². The van der Waals surface area contributed by atoms with Crippen LogP contribution < -0.4 is 4.74 Å². The molecule has 0 fully saturated rings. The molecule has 0 saturated carbocycles. The first-order chi connectivity index (χ1) is 12.7. The Bertz CT molecular complexity index is 739. The maximum Gasteiger partial charge on any atom is 0.320 e. The van der Waals surface area contributed by atoms with E-state index in [-0.39, 0.29) is 0 Å². The molecule has 0 aliphatic rings. The van der Waals surface area contributed by atoms with Gasteiger partial charge in [0.25, 0.3) is 0 Å². The van der Waals surface area contributed by atoms with Crippen molar-refractivity contribution in [3.05, 3.63) is 59.4 Å². The third-order valence-corrected chi connectivity index (χ3v) is 4.67. The summed E-state index contributed by atoms with van der Waals surface area (Å²) in [7, 11) is 1.33. The van der Waals surface area contributed by atoms with Crippen LogP contribution >= 0.6 is 11.8 Å². The Kier molecular flexibility index (Phi) is 7.97. The standard InChI is InChI=1S/C20H22N2O3S/c1-3-15-4-7-17(22-13-15)10-11-25-18-8-5-16(6-9-18)12-19(26-14-21)20(23)24-2/h4-9,13,19H,3,10-12H2,1-2H3. The molecule has 6 heteroatoms. The molecule has 0 amide bonds. The monoisotopic (exact) mass is 370 g/mol. The van der Waals surface area contributed by atoms with Gasteiger partial charge in [-0.05, 0) is 53.9 Å². The molecule has 2 aromatic rings. The van der Waals surface area contributed by atoms with Crippen LogP contribution in [0.4, 0.5) is 0 Å². The van der Waals surface area contributed by atoms with Crippen molar-refractivity contribution in [1.29, 1.82) is 5.26 Å². The van der Waals surface area contributed by atoms with Gasteiger partial charge in [-0.1, -0.05) is 25.1 Å². The molecule has 26 heavy (non-hydrogen) atoms. The molecule has 1 heterocycles. The van der Waals surface area contributed by atoms with Crippen molar-refractivity contribution < 1.29 is 14.3 Å². The van der Waals surface area contributed by atoms with E-state index in [2.05, 4.69) is 18.0 Å². The molecule has 0 aliphatic carbocycles. The Morgan fingerprint density at radius 3 is 2.54 bits per heavy atom. The number of esters is 1. The molecular weight excluding hydrogens is 348 g/mol. The summed E-state index contributed by atoms with van der Waals surface area (Å²) in [5, 5.41) is 10.2. The second-order valence-electron chi connectivity index (χ2n) is 5.68. The number of ether oxygens (including phenoxy) is 2. The normalized spacial score (nSPS) is 11.4. The first kappa shape index (κ1) is 19.8. The zero-order valence-electron chi connectivity index (χ0n) is 15.0. The molecule has 2 rings (SSSR count). The lowest BCUT2D eigenvalue weighted by atomic mass is 10.1. The minimum Gasteiger partial charge on any atom is -0.493 e. The number of aryl methyl sites for hydroxylation is 1. The van der Waals surface area contributed by atoms with Crippen LogP contribution in [0.25, 0.3) is 0 Å². The number of thiocyanates is 1. The molecule has 5 nitrogen and oxygen atoms in total. The summed E-state index contributed by atoms with van der Waals surface area (Å²) >= 11 is 0.915. The fourth-order valence-electron chi connectivity index (χ4n) is 2.39. The molecule has 0 aliphatic heterocycles. The fourth-order valence-corrected chi connectivity index (χ4v) is 2.99. The second-order valence-corrected chi connectivity index (χ2v) is 6.67. The number of rotatable bonds is 9. The number of carbonyl (C=O) groups excluding carboxylic acids is 1. The number of thioether (sulfide) groups is 1. The molecular formula is C20H22N2O3S. The van der Waals surface area contributed by atoms with Gasteiger partial charge >= 0.3 is 5.97 Å². The van der Waals surface area contributed by atoms with E-state index in [9.17, 15) is 4.79 Å². The maximum atomic E-state index is 11.7. The van der Waals surface area contributed by atoms with Gasteiger partial charge in [0.15, 0.2) is 0 Å². The van der Waals surface area contributed by atoms with Gasteiger partial charge in [-0.25, -0.2) is 0 Å². The summed E-state index contributed by atoms with van der Waals surface area (Å²) in [6.07, 6.45) is 4.08. The molecule has 0 saturated heterocycles. The van der Waals surface area contributed by atoms with Crippen molar-refractivity contribution in [3.8, 4) is 11.2 Å². The number of hydrogen-bond acceptors (Lipinski definition) is 6. The van der Waals surface area contributed by atoms with Crippen LogP contribution in [0.5, 0.6) is 5.75 Å². The predicted molar refractivity (Wildman–Crippen MR) is 102 cm³/mol. The highest BCUT2D eigenvalue weighted by molar-refractivity contribution is 8.04. The number of pyridine rings is 1. The molecule has 1 unspecified atom stereocenters. The van der Waals surface area contributed by atoms with E-state index in [0.717, 1.165) is 41.6 Å². The minimum atomic E-state index is -0.520. The third-order valence-electron chi connectivity index (χ3n) is 3.92. The van der Waals surface area contributed by atoms with Gasteiger partial charge in [-0.2, -0.15) is 5.26 Å². The topological polar surface area (TPSA) is 72.2 Å². The Morgan fingerprint density at radius 2 is 1.96 bits per heavy atom. The van der Waals surface area contributed by atoms with Crippen LogP contribution in [0.2, 0.25) is 0 Å². The van der Waals surface area contributed by atoms with Crippen LogP contribution in [-0.2, 0) is 28.8 Å². The first-order valence-electron chi connectivity index (χ1n) is 8.44. The van der Waals surface area contributed by atoms with Crippen LogP contribution in [0, 0.1) is 10.7 Å². The van der Waals surface area contributed by atoms with Gasteiger partial charge in [0.1, 0.15) is 16.4 Å².